The number of hydrogen-bond donors (Lipinski definition) is 0. The second-order valence-corrected chi connectivity index (χ2v) is 18.4. The van der Waals surface area contributed by atoms with Crippen LogP contribution in [0.2, 0.25) is 0 Å². The van der Waals surface area contributed by atoms with Gasteiger partial charge in [-0.3, -0.25) is 0 Å². The summed E-state index contributed by atoms with van der Waals surface area (Å²) in [6.45, 7) is 16.8. The maximum absolute atomic E-state index is 6.81. The molecule has 3 heteroatoms. The van der Waals surface area contributed by atoms with Gasteiger partial charge in [0.25, 0.3) is 0 Å². The molecule has 1 heterocycles. The first-order valence-corrected chi connectivity index (χ1v) is 23.6. The van der Waals surface area contributed by atoms with Crippen LogP contribution in [0, 0.1) is 11.3 Å². The molecule has 2 atom stereocenters. The second-order valence-electron chi connectivity index (χ2n) is 18.4. The third-order valence-electron chi connectivity index (χ3n) is 13.1. The molecule has 2 unspecified atom stereocenters. The van der Waals surface area contributed by atoms with Gasteiger partial charge in [0.1, 0.15) is 0 Å². The molecule has 3 nitrogen and oxygen atoms in total. The van der Waals surface area contributed by atoms with E-state index in [4.69, 9.17) is 9.47 Å². The zero-order valence-electron chi connectivity index (χ0n) is 38.0. The molecule has 1 rings (SSSR count). The van der Waals surface area contributed by atoms with E-state index in [9.17, 15) is 0 Å². The standard InChI is InChI=1S/C51H95NO2/c1-10-12-14-16-18-20-22-24-26-28-30-32-34-36-38-40-42-47(43-41-39-37-35-33-31-29-27-25-23-21-19-17-15-13-11-2)44-45-51(7)53-46-48(54-51)49(3,4)50(5,6)52(8)9/h18-21,24-27,47-48H,10-17,22-23,28-46H2,1-9H3/b20-18-,21-19-,26-24-,27-25-. The molecule has 0 bridgehead atoms. The summed E-state index contributed by atoms with van der Waals surface area (Å²) in [5, 5.41) is 0. The SMILES string of the molecule is CCCCC/C=C\C/C=C\CCCCCCCCC(CCCCCCCC/C=C\C/C=C\CCCCC)CCC1(C)OCC(C(C)(C)C(C)(C)N(C)C)O1. The summed E-state index contributed by atoms with van der Waals surface area (Å²) < 4.78 is 13.3. The van der Waals surface area contributed by atoms with Gasteiger partial charge in [-0.15, -0.1) is 0 Å². The highest BCUT2D eigenvalue weighted by Gasteiger charge is 2.51. The molecule has 1 aliphatic heterocycles. The van der Waals surface area contributed by atoms with Crippen LogP contribution in [0.25, 0.3) is 0 Å². The van der Waals surface area contributed by atoms with Crippen molar-refractivity contribution >= 4 is 0 Å². The smallest absolute Gasteiger partial charge is 0.166 e. The molecule has 1 saturated heterocycles. The Morgan fingerprint density at radius 2 is 0.944 bits per heavy atom. The summed E-state index contributed by atoms with van der Waals surface area (Å²) in [4.78, 5) is 2.34. The molecule has 0 aromatic rings. The molecule has 0 saturated carbocycles. The van der Waals surface area contributed by atoms with Crippen molar-refractivity contribution < 1.29 is 9.47 Å². The first-order chi connectivity index (χ1) is 26.0. The van der Waals surface area contributed by atoms with E-state index < -0.39 is 5.79 Å². The third-order valence-corrected chi connectivity index (χ3v) is 13.1. The average Bonchev–Trinajstić information content (AvgIpc) is 3.55. The highest BCUT2D eigenvalue weighted by Crippen LogP contribution is 2.45. The van der Waals surface area contributed by atoms with Crippen molar-refractivity contribution in [3.8, 4) is 0 Å². The first-order valence-electron chi connectivity index (χ1n) is 23.6. The van der Waals surface area contributed by atoms with Crippen LogP contribution >= 0.6 is 0 Å². The van der Waals surface area contributed by atoms with Crippen molar-refractivity contribution in [1.29, 1.82) is 0 Å². The average molecular weight is 754 g/mol. The number of rotatable bonds is 36. The van der Waals surface area contributed by atoms with E-state index in [1.165, 1.54) is 161 Å². The molecule has 0 aromatic heterocycles. The van der Waals surface area contributed by atoms with E-state index >= 15 is 0 Å². The first kappa shape index (κ1) is 50.9. The van der Waals surface area contributed by atoms with Crippen LogP contribution in [0.1, 0.15) is 228 Å². The van der Waals surface area contributed by atoms with E-state index in [-0.39, 0.29) is 17.1 Å². The molecule has 0 aliphatic carbocycles. The van der Waals surface area contributed by atoms with Crippen molar-refractivity contribution in [2.75, 3.05) is 20.7 Å². The van der Waals surface area contributed by atoms with Crippen LogP contribution in [-0.2, 0) is 9.47 Å². The maximum atomic E-state index is 6.81. The van der Waals surface area contributed by atoms with Crippen molar-refractivity contribution in [3.63, 3.8) is 0 Å². The van der Waals surface area contributed by atoms with Crippen molar-refractivity contribution in [2.45, 2.75) is 246 Å². The molecular formula is C51H95NO2. The third kappa shape index (κ3) is 23.8. The molecule has 54 heavy (non-hydrogen) atoms. The van der Waals surface area contributed by atoms with E-state index in [1.54, 1.807) is 0 Å². The van der Waals surface area contributed by atoms with E-state index in [0.29, 0.717) is 6.61 Å². The fraction of sp³-hybridized carbons (Fsp3) is 0.843. The van der Waals surface area contributed by atoms with Crippen LogP contribution in [0.15, 0.2) is 48.6 Å². The largest absolute Gasteiger partial charge is 0.347 e. The van der Waals surface area contributed by atoms with Gasteiger partial charge >= 0.3 is 0 Å². The van der Waals surface area contributed by atoms with Gasteiger partial charge in [-0.1, -0.05) is 179 Å². The van der Waals surface area contributed by atoms with Gasteiger partial charge < -0.3 is 14.4 Å². The Morgan fingerprint density at radius 3 is 1.35 bits per heavy atom. The highest BCUT2D eigenvalue weighted by molar-refractivity contribution is 5.00. The molecule has 0 N–H and O–H groups in total. The molecule has 0 amide bonds. The second kappa shape index (κ2) is 31.9. The summed E-state index contributed by atoms with van der Waals surface area (Å²) >= 11 is 0. The lowest BCUT2D eigenvalue weighted by Gasteiger charge is -2.49. The quantitative estimate of drug-likeness (QED) is 0.0470. The lowest BCUT2D eigenvalue weighted by atomic mass is 9.70. The van der Waals surface area contributed by atoms with E-state index in [2.05, 4.69) is 116 Å². The van der Waals surface area contributed by atoms with Crippen LogP contribution < -0.4 is 0 Å². The predicted octanol–water partition coefficient (Wildman–Crippen LogP) is 16.3. The van der Waals surface area contributed by atoms with Crippen LogP contribution in [0.4, 0.5) is 0 Å². The lowest BCUT2D eigenvalue weighted by molar-refractivity contribution is -0.181. The Bertz CT molecular complexity index is 926. The molecular weight excluding hydrogens is 659 g/mol. The van der Waals surface area contributed by atoms with Crippen LogP contribution in [0.5, 0.6) is 0 Å². The summed E-state index contributed by atoms with van der Waals surface area (Å²) in [5.41, 5.74) is -0.00604. The van der Waals surface area contributed by atoms with E-state index in [1.807, 2.05) is 0 Å². The van der Waals surface area contributed by atoms with Gasteiger partial charge in [0.15, 0.2) is 5.79 Å². The summed E-state index contributed by atoms with van der Waals surface area (Å²) in [5.74, 6) is 0.331. The maximum Gasteiger partial charge on any atom is 0.166 e. The fourth-order valence-corrected chi connectivity index (χ4v) is 7.82. The summed E-state index contributed by atoms with van der Waals surface area (Å²) in [6, 6.07) is 0. The Morgan fingerprint density at radius 1 is 0.556 bits per heavy atom. The Labute approximate surface area is 339 Å². The minimum atomic E-state index is -0.457. The van der Waals surface area contributed by atoms with Gasteiger partial charge in [0.05, 0.1) is 12.7 Å². The van der Waals surface area contributed by atoms with Crippen LogP contribution in [0.3, 0.4) is 0 Å². The monoisotopic (exact) mass is 754 g/mol. The molecule has 0 spiro atoms. The lowest BCUT2D eigenvalue weighted by Crippen LogP contribution is -2.56. The van der Waals surface area contributed by atoms with Crippen molar-refractivity contribution in [2.24, 2.45) is 11.3 Å². The Hall–Kier alpha value is -1.16. The van der Waals surface area contributed by atoms with Crippen LogP contribution in [-0.4, -0.2) is 43.0 Å². The fourth-order valence-electron chi connectivity index (χ4n) is 7.82. The number of ether oxygens (including phenoxy) is 2. The summed E-state index contributed by atoms with van der Waals surface area (Å²) in [7, 11) is 4.37. The molecule has 0 aromatic carbocycles. The van der Waals surface area contributed by atoms with Gasteiger partial charge in [-0.2, -0.15) is 0 Å². The number of nitrogens with zero attached hydrogens (tertiary/aromatic N) is 1. The molecule has 316 valence electrons. The zero-order valence-corrected chi connectivity index (χ0v) is 38.0. The van der Waals surface area contributed by atoms with Crippen molar-refractivity contribution in [1.82, 2.24) is 4.90 Å². The Balaban J connectivity index is 2.41. The minimum absolute atomic E-state index is 0.0118. The minimum Gasteiger partial charge on any atom is -0.347 e. The molecule has 1 aliphatic rings. The van der Waals surface area contributed by atoms with E-state index in [0.717, 1.165) is 25.2 Å². The molecule has 0 radical (unpaired) electrons. The number of unbranched alkanes of at least 4 members (excludes halogenated alkanes) is 18. The molecule has 1 fully saturated rings. The van der Waals surface area contributed by atoms with Gasteiger partial charge in [0.2, 0.25) is 0 Å². The van der Waals surface area contributed by atoms with Gasteiger partial charge in [0, 0.05) is 17.4 Å². The van der Waals surface area contributed by atoms with Gasteiger partial charge in [-0.25, -0.2) is 0 Å². The Kier molecular flexibility index (Phi) is 30.0. The van der Waals surface area contributed by atoms with Gasteiger partial charge in [-0.05, 0) is 111 Å². The highest BCUT2D eigenvalue weighted by atomic mass is 16.7. The topological polar surface area (TPSA) is 21.7 Å². The zero-order chi connectivity index (χ0) is 39.8. The predicted molar refractivity (Wildman–Crippen MR) is 241 cm³/mol. The number of allylic oxidation sites excluding steroid dienone is 8. The summed E-state index contributed by atoms with van der Waals surface area (Å²) in [6.07, 6.45) is 55.8. The van der Waals surface area contributed by atoms with Crippen molar-refractivity contribution in [3.05, 3.63) is 48.6 Å². The number of hydrogen-bond acceptors (Lipinski definition) is 3. The normalized spacial score (nSPS) is 18.8.